The molecule has 0 spiro atoms. The molecule has 3 aliphatic rings. The summed E-state index contributed by atoms with van der Waals surface area (Å²) in [6.07, 6.45) is 2.20. The molecule has 0 bridgehead atoms. The Morgan fingerprint density at radius 3 is 2.44 bits per heavy atom. The highest BCUT2D eigenvalue weighted by Crippen LogP contribution is 2.57. The maximum atomic E-state index is 16.6. The number of ether oxygens (including phenoxy) is 1. The molecule has 2 aliphatic carbocycles. The Hall–Kier alpha value is -3.04. The molecule has 0 aromatic heterocycles. The van der Waals surface area contributed by atoms with E-state index in [1.54, 1.807) is 6.92 Å². The molecule has 3 aromatic rings. The van der Waals surface area contributed by atoms with Gasteiger partial charge in [0.25, 0.3) is 0 Å². The monoisotopic (exact) mass is 610 g/mol. The highest BCUT2D eigenvalue weighted by atomic mass is 35.5. The number of nitrogens with one attached hydrogen (secondary N) is 1. The first-order chi connectivity index (χ1) is 20.3. The first-order valence-corrected chi connectivity index (χ1v) is 15.3. The lowest BCUT2D eigenvalue weighted by Gasteiger charge is -2.38. The molecule has 228 valence electrons. The van der Waals surface area contributed by atoms with E-state index in [2.05, 4.69) is 5.32 Å². The lowest BCUT2D eigenvalue weighted by molar-refractivity contribution is 0.00890. The van der Waals surface area contributed by atoms with E-state index in [0.717, 1.165) is 18.4 Å². The average molecular weight is 611 g/mol. The average Bonchev–Trinajstić information content (AvgIpc) is 3.42. The molecule has 5 N–H and O–H groups in total. The van der Waals surface area contributed by atoms with Crippen molar-refractivity contribution in [2.24, 2.45) is 11.7 Å². The number of carbonyl (C=O) groups excluding carboxylic acids is 1. The van der Waals surface area contributed by atoms with Crippen LogP contribution in [0.4, 0.5) is 8.78 Å². The van der Waals surface area contributed by atoms with E-state index in [4.69, 9.17) is 22.1 Å². The van der Waals surface area contributed by atoms with Gasteiger partial charge in [-0.2, -0.15) is 0 Å². The number of aliphatic hydroxyl groups is 2. The third kappa shape index (κ3) is 4.92. The van der Waals surface area contributed by atoms with Crippen molar-refractivity contribution < 1.29 is 28.5 Å². The Morgan fingerprint density at radius 2 is 1.79 bits per heavy atom. The zero-order chi connectivity index (χ0) is 30.8. The van der Waals surface area contributed by atoms with Gasteiger partial charge in [-0.3, -0.25) is 4.79 Å². The lowest BCUT2D eigenvalue weighted by atomic mass is 9.76. The first kappa shape index (κ1) is 30.0. The normalized spacial score (nSPS) is 29.7. The van der Waals surface area contributed by atoms with Gasteiger partial charge in [0.05, 0.1) is 22.3 Å². The molecule has 6 rings (SSSR count). The Morgan fingerprint density at radius 1 is 1.12 bits per heavy atom. The number of halogens is 3. The predicted octanol–water partition coefficient (Wildman–Crippen LogP) is 6.28. The summed E-state index contributed by atoms with van der Waals surface area (Å²) in [4.78, 5) is 12.8. The molecule has 1 fully saturated rings. The molecule has 1 heterocycles. The number of amides is 1. The minimum Gasteiger partial charge on any atom is -0.480 e. The quantitative estimate of drug-likeness (QED) is 0.263. The summed E-state index contributed by atoms with van der Waals surface area (Å²) < 4.78 is 38.8. The maximum Gasteiger partial charge on any atom is 0.249 e. The number of nitrogens with two attached hydrogens (primary N) is 1. The molecule has 43 heavy (non-hydrogen) atoms. The third-order valence-corrected chi connectivity index (χ3v) is 10.3. The molecule has 2 unspecified atom stereocenters. The Labute approximate surface area is 255 Å². The number of hydrogen-bond acceptors (Lipinski definition) is 5. The van der Waals surface area contributed by atoms with Gasteiger partial charge in [-0.1, -0.05) is 55.8 Å². The number of benzene rings is 3. The van der Waals surface area contributed by atoms with Crippen LogP contribution in [-0.2, 0) is 12.0 Å². The van der Waals surface area contributed by atoms with Crippen molar-refractivity contribution in [2.75, 3.05) is 6.54 Å². The number of fused-ring (bicyclic) bond motifs is 2. The Kier molecular flexibility index (Phi) is 7.57. The van der Waals surface area contributed by atoms with Crippen molar-refractivity contribution >= 4 is 17.5 Å². The van der Waals surface area contributed by atoms with E-state index in [0.29, 0.717) is 36.9 Å². The van der Waals surface area contributed by atoms with Crippen LogP contribution in [-0.4, -0.2) is 34.3 Å². The number of hydrogen-bond donors (Lipinski definition) is 4. The topological polar surface area (TPSA) is 105 Å². The van der Waals surface area contributed by atoms with Crippen LogP contribution in [0.2, 0.25) is 5.02 Å². The van der Waals surface area contributed by atoms with Gasteiger partial charge in [0.15, 0.2) is 5.60 Å². The summed E-state index contributed by atoms with van der Waals surface area (Å²) in [6, 6.07) is 12.4. The number of aliphatic hydroxyl groups excluding tert-OH is 1. The second-order valence-electron chi connectivity index (χ2n) is 12.9. The van der Waals surface area contributed by atoms with Crippen molar-refractivity contribution in [3.63, 3.8) is 0 Å². The highest BCUT2D eigenvalue weighted by Gasteiger charge is 2.50. The molecular weight excluding hydrogens is 574 g/mol. The summed E-state index contributed by atoms with van der Waals surface area (Å²) in [5.41, 5.74) is 5.62. The largest absolute Gasteiger partial charge is 0.480 e. The number of carbonyl (C=O) groups is 1. The molecule has 1 saturated carbocycles. The fourth-order valence-corrected chi connectivity index (χ4v) is 7.59. The summed E-state index contributed by atoms with van der Waals surface area (Å²) >= 11 is 6.65. The molecule has 0 radical (unpaired) electrons. The summed E-state index contributed by atoms with van der Waals surface area (Å²) in [6.45, 7) is 5.93. The van der Waals surface area contributed by atoms with Crippen molar-refractivity contribution in [3.05, 3.63) is 86.9 Å². The first-order valence-electron chi connectivity index (χ1n) is 14.9. The summed E-state index contributed by atoms with van der Waals surface area (Å²) in [5.74, 6) is -3.07. The third-order valence-electron chi connectivity index (χ3n) is 9.91. The fourth-order valence-electron chi connectivity index (χ4n) is 7.34. The lowest BCUT2D eigenvalue weighted by Crippen LogP contribution is -2.49. The standard InChI is InChI=1S/C34H37ClF2N2O4/c1-17-13-19-14-22(32(38)41)27(30(37)26(19)31(17)40)28-25-18(2)34(20-7-5-4-6-8-20,43-24(25)15-23(36)29(28)35)16-39-21-9-11-33(3,42)12-10-21/h4-8,14-15,17-18,21,31,39-40,42H,9-13,16H2,1-3H3,(H2,38,41)/t17?,18-,21?,31?,33?,34-/m0/s1. The van der Waals surface area contributed by atoms with Crippen molar-refractivity contribution in [1.82, 2.24) is 5.32 Å². The molecular formula is C34H37ClF2N2O4. The SMILES string of the molecule is CC1Cc2cc(C(N)=O)c(-c3c(Cl)c(F)cc4c3[C@H](C)[C@@](CNC3CCC(C)(O)CC3)(c3ccccc3)O4)c(F)c2C1O. The highest BCUT2D eigenvalue weighted by molar-refractivity contribution is 6.34. The van der Waals surface area contributed by atoms with E-state index in [9.17, 15) is 15.0 Å². The van der Waals surface area contributed by atoms with Crippen LogP contribution in [0.25, 0.3) is 11.1 Å². The summed E-state index contributed by atoms with van der Waals surface area (Å²) in [5, 5.41) is 24.6. The van der Waals surface area contributed by atoms with Crippen LogP contribution >= 0.6 is 11.6 Å². The minimum atomic E-state index is -1.09. The van der Waals surface area contributed by atoms with Crippen LogP contribution in [0.1, 0.15) is 91.1 Å². The van der Waals surface area contributed by atoms with Crippen molar-refractivity contribution in [2.45, 2.75) is 82.1 Å². The number of primary amides is 1. The van der Waals surface area contributed by atoms with Crippen molar-refractivity contribution in [3.8, 4) is 16.9 Å². The van der Waals surface area contributed by atoms with Gasteiger partial charge in [-0.25, -0.2) is 8.78 Å². The molecule has 3 aromatic carbocycles. The van der Waals surface area contributed by atoms with E-state index >= 15 is 8.78 Å². The molecule has 9 heteroatoms. The van der Waals surface area contributed by atoms with Gasteiger partial charge >= 0.3 is 0 Å². The van der Waals surface area contributed by atoms with Crippen LogP contribution < -0.4 is 15.8 Å². The smallest absolute Gasteiger partial charge is 0.249 e. The van der Waals surface area contributed by atoms with Crippen LogP contribution in [0, 0.1) is 17.6 Å². The van der Waals surface area contributed by atoms with E-state index < -0.39 is 40.8 Å². The molecule has 4 atom stereocenters. The van der Waals surface area contributed by atoms with Gasteiger partial charge in [0.2, 0.25) is 5.91 Å². The molecule has 1 aliphatic heterocycles. The Balaban J connectivity index is 1.51. The molecule has 0 saturated heterocycles. The van der Waals surface area contributed by atoms with Crippen molar-refractivity contribution in [1.29, 1.82) is 0 Å². The van der Waals surface area contributed by atoms with Gasteiger partial charge in [0, 0.05) is 46.8 Å². The Bertz CT molecular complexity index is 1590. The van der Waals surface area contributed by atoms with E-state index in [1.165, 1.54) is 12.1 Å². The summed E-state index contributed by atoms with van der Waals surface area (Å²) in [7, 11) is 0. The van der Waals surface area contributed by atoms with Gasteiger partial charge in [-0.15, -0.1) is 0 Å². The van der Waals surface area contributed by atoms with Gasteiger partial charge in [0.1, 0.15) is 17.4 Å². The second-order valence-corrected chi connectivity index (χ2v) is 13.2. The molecule has 6 nitrogen and oxygen atoms in total. The zero-order valence-electron chi connectivity index (χ0n) is 24.5. The maximum absolute atomic E-state index is 16.6. The van der Waals surface area contributed by atoms with Gasteiger partial charge in [-0.05, 0) is 62.1 Å². The van der Waals surface area contributed by atoms with Crippen LogP contribution in [0.5, 0.6) is 5.75 Å². The number of rotatable bonds is 6. The van der Waals surface area contributed by atoms with Crippen LogP contribution in [0.3, 0.4) is 0 Å². The zero-order valence-corrected chi connectivity index (χ0v) is 25.3. The van der Waals surface area contributed by atoms with Gasteiger partial charge < -0.3 is 26.0 Å². The van der Waals surface area contributed by atoms with E-state index in [1.807, 2.05) is 44.2 Å². The van der Waals surface area contributed by atoms with E-state index in [-0.39, 0.29) is 45.0 Å². The minimum absolute atomic E-state index is 0.0107. The predicted molar refractivity (Wildman–Crippen MR) is 161 cm³/mol. The second kappa shape index (κ2) is 10.8. The fraction of sp³-hybridized carbons (Fsp3) is 0.441. The molecule has 1 amide bonds. The van der Waals surface area contributed by atoms with Crippen LogP contribution in [0.15, 0.2) is 42.5 Å².